The molecule has 0 aliphatic carbocycles. The molecule has 0 amide bonds. The van der Waals surface area contributed by atoms with Gasteiger partial charge in [0.15, 0.2) is 11.2 Å². The van der Waals surface area contributed by atoms with E-state index >= 15 is 0 Å². The Labute approximate surface area is 224 Å². The van der Waals surface area contributed by atoms with Gasteiger partial charge in [0.05, 0.1) is 24.3 Å². The molecular weight excluding hydrogens is 481 g/mol. The Morgan fingerprint density at radius 1 is 1.23 bits per heavy atom. The Bertz CT molecular complexity index is 1320. The van der Waals surface area contributed by atoms with Crippen molar-refractivity contribution in [1.29, 1.82) is 0 Å². The molecule has 1 aliphatic heterocycles. The number of piperidine rings is 1. The fourth-order valence-electron chi connectivity index (χ4n) is 3.53. The number of anilines is 3. The molecule has 1 aromatic heterocycles. The van der Waals surface area contributed by atoms with Crippen LogP contribution in [0.15, 0.2) is 53.5 Å². The van der Waals surface area contributed by atoms with Crippen LogP contribution in [0.4, 0.5) is 22.9 Å². The average molecular weight is 503 g/mol. The molecule has 2 heterocycles. The third-order valence-corrected chi connectivity index (χ3v) is 5.45. The molecular formula is C23H21LiN5O4S2. The first-order valence-corrected chi connectivity index (χ1v) is 11.2. The van der Waals surface area contributed by atoms with E-state index in [-0.39, 0.29) is 24.4 Å². The number of carboxylic acid groups (broad SMARTS) is 1. The zero-order valence-electron chi connectivity index (χ0n) is 18.9. The molecule has 1 atom stereocenters. The Kier molecular flexibility index (Phi) is 9.25. The van der Waals surface area contributed by atoms with Crippen LogP contribution >= 0.6 is 24.4 Å². The number of aromatic carboxylic acids is 1. The molecule has 1 aliphatic rings. The third-order valence-electron chi connectivity index (χ3n) is 5.03. The number of ether oxygens (including phenoxy) is 1. The quantitative estimate of drug-likeness (QED) is 0.162. The van der Waals surface area contributed by atoms with Gasteiger partial charge >= 0.3 is 18.9 Å². The second kappa shape index (κ2) is 12.1. The number of aromatic amines is 2. The molecule has 1 unspecified atom stereocenters. The van der Waals surface area contributed by atoms with Crippen molar-refractivity contribution >= 4 is 59.7 Å². The maximum absolute atomic E-state index is 11.6. The van der Waals surface area contributed by atoms with Crippen molar-refractivity contribution in [3.63, 3.8) is 0 Å². The van der Waals surface area contributed by atoms with E-state index < -0.39 is 12.1 Å². The number of rotatable bonds is 7. The Morgan fingerprint density at radius 2 is 2.06 bits per heavy atom. The minimum Gasteiger partial charge on any atom is -0.545 e. The van der Waals surface area contributed by atoms with Gasteiger partial charge in [-0.3, -0.25) is 0 Å². The van der Waals surface area contributed by atoms with Crippen LogP contribution in [0.3, 0.4) is 0 Å². The van der Waals surface area contributed by atoms with Crippen molar-refractivity contribution in [2.45, 2.75) is 18.9 Å². The molecule has 1 saturated heterocycles. The first-order chi connectivity index (χ1) is 16.4. The van der Waals surface area contributed by atoms with Gasteiger partial charge in [0.2, 0.25) is 0 Å². The predicted octanol–water partition coefficient (Wildman–Crippen LogP) is 0.775. The number of aliphatic imine (C=N–C) groups is 1. The monoisotopic (exact) mass is 502 g/mol. The average Bonchev–Trinajstić information content (AvgIpc) is 2.78. The number of H-pyrrole nitrogens is 2. The maximum atomic E-state index is 11.6. The topological polar surface area (TPSA) is 129 Å². The number of nitrogens with zero attached hydrogens (tertiary/aromatic N) is 2. The summed E-state index contributed by atoms with van der Waals surface area (Å²) in [5, 5.41) is 24.7. The number of hydrogen-bond donors (Lipinski definition) is 4. The van der Waals surface area contributed by atoms with Crippen LogP contribution in [0.2, 0.25) is 0 Å². The summed E-state index contributed by atoms with van der Waals surface area (Å²) in [6.07, 6.45) is 2.02. The van der Waals surface area contributed by atoms with Gasteiger partial charge in [-0.1, -0.05) is 18.3 Å². The van der Waals surface area contributed by atoms with Crippen LogP contribution in [0.25, 0.3) is 0 Å². The Morgan fingerprint density at radius 3 is 2.80 bits per heavy atom. The fourth-order valence-corrected chi connectivity index (χ4v) is 4.03. The number of carbonyl (C=O) groups excluding carboxylic acids is 1. The summed E-state index contributed by atoms with van der Waals surface area (Å²) >= 11 is 10.2. The molecule has 35 heavy (non-hydrogen) atoms. The number of carboxylic acids is 1. The maximum Gasteiger partial charge on any atom is 1.00 e. The molecule has 2 aromatic carbocycles. The molecule has 0 spiro atoms. The number of nitrogens with one attached hydrogen (secondary N) is 3. The second-order valence-corrected chi connectivity index (χ2v) is 8.40. The van der Waals surface area contributed by atoms with Gasteiger partial charge in [0.25, 0.3) is 0 Å². The third kappa shape index (κ3) is 7.27. The van der Waals surface area contributed by atoms with E-state index in [2.05, 4.69) is 20.3 Å². The minimum atomic E-state index is -1.30. The van der Waals surface area contributed by atoms with E-state index in [1.165, 1.54) is 18.5 Å². The van der Waals surface area contributed by atoms with Crippen molar-refractivity contribution in [1.82, 2.24) is 9.97 Å². The number of benzene rings is 2. The number of hydrogen-bond acceptors (Lipinski definition) is 9. The summed E-state index contributed by atoms with van der Waals surface area (Å²) in [6.45, 7) is 2.19. The van der Waals surface area contributed by atoms with E-state index in [4.69, 9.17) is 29.2 Å². The second-order valence-electron chi connectivity index (χ2n) is 7.55. The molecule has 9 nitrogen and oxygen atoms in total. The van der Waals surface area contributed by atoms with Crippen molar-refractivity contribution in [3.8, 4) is 5.75 Å². The van der Waals surface area contributed by atoms with Crippen LogP contribution in [0.1, 0.15) is 23.2 Å². The Hall–Kier alpha value is -2.94. The predicted molar refractivity (Wildman–Crippen MR) is 133 cm³/mol. The smallest absolute Gasteiger partial charge is 0.545 e. The van der Waals surface area contributed by atoms with Crippen molar-refractivity contribution in [2.75, 3.05) is 16.8 Å². The summed E-state index contributed by atoms with van der Waals surface area (Å²) in [4.78, 5) is 23.4. The molecule has 12 heteroatoms. The van der Waals surface area contributed by atoms with Crippen molar-refractivity contribution in [3.05, 3.63) is 70.1 Å². The molecule has 1 fully saturated rings. The standard InChI is InChI=1S/C23H22N5O4S2.Li/c29-16-5-2-8-28(12-16)19-10-17(6-7-18(19)22(30)31)32-13-24-14-3-1-4-15(9-14)25-20-11-21(33)27-23(34)26-20;/h1,3-4,6-7,9-13,16,29H,2,5,8H2,(H,30,31)(H3,25,26,27,33,34);/q;+1/p-1. The minimum absolute atomic E-state index is 0. The molecule has 3 aromatic rings. The van der Waals surface area contributed by atoms with Crippen LogP contribution in [-0.2, 0) is 0 Å². The summed E-state index contributed by atoms with van der Waals surface area (Å²) in [5.74, 6) is -0.253. The van der Waals surface area contributed by atoms with Crippen LogP contribution in [-0.4, -0.2) is 40.1 Å². The van der Waals surface area contributed by atoms with E-state index in [1.807, 2.05) is 18.2 Å². The van der Waals surface area contributed by atoms with Gasteiger partial charge in [-0.25, -0.2) is 4.99 Å². The molecule has 175 valence electrons. The summed E-state index contributed by atoms with van der Waals surface area (Å²) in [5.41, 5.74) is 1.81. The first-order valence-electron chi connectivity index (χ1n) is 10.4. The Balaban J connectivity index is 0.00000342. The molecule has 4 rings (SSSR count). The summed E-state index contributed by atoms with van der Waals surface area (Å²) < 4.78 is 6.55. The van der Waals surface area contributed by atoms with Gasteiger partial charge in [0.1, 0.15) is 16.2 Å². The largest absolute Gasteiger partial charge is 1.00 e. The molecule has 0 bridgehead atoms. The molecule has 0 saturated carbocycles. The van der Waals surface area contributed by atoms with Gasteiger partial charge in [-0.15, -0.1) is 0 Å². The molecule has 1 radical (unpaired) electrons. The van der Waals surface area contributed by atoms with E-state index in [0.717, 1.165) is 12.1 Å². The van der Waals surface area contributed by atoms with Gasteiger partial charge < -0.3 is 39.9 Å². The number of aliphatic hydroxyl groups excluding tert-OH is 1. The summed E-state index contributed by atoms with van der Waals surface area (Å²) in [7, 11) is 0. The zero-order valence-corrected chi connectivity index (χ0v) is 20.5. The number of aromatic nitrogens is 2. The molecule has 4 N–H and O–H groups in total. The van der Waals surface area contributed by atoms with E-state index in [9.17, 15) is 15.0 Å². The SMILES string of the molecule is O=C([O-])c1ccc(OC=Nc2cccc(Nc3cc(=S)[nH]c(=S)[nH]3)c2)cc1N1[CH]C(O)CCC1.[Li+]. The van der Waals surface area contributed by atoms with Gasteiger partial charge in [-0.2, -0.15) is 0 Å². The van der Waals surface area contributed by atoms with Crippen molar-refractivity contribution < 1.29 is 38.6 Å². The van der Waals surface area contributed by atoms with Crippen molar-refractivity contribution in [2.24, 2.45) is 4.99 Å². The number of carbonyl (C=O) groups is 1. The number of aliphatic hydroxyl groups is 1. The van der Waals surface area contributed by atoms with Crippen LogP contribution in [0.5, 0.6) is 5.75 Å². The van der Waals surface area contributed by atoms with Gasteiger partial charge in [0, 0.05) is 35.6 Å². The van der Waals surface area contributed by atoms with Crippen LogP contribution in [0, 0.1) is 16.0 Å². The van der Waals surface area contributed by atoms with E-state index in [0.29, 0.717) is 45.3 Å². The van der Waals surface area contributed by atoms with Crippen LogP contribution < -0.4 is 38.9 Å². The zero-order chi connectivity index (χ0) is 24.1. The van der Waals surface area contributed by atoms with E-state index in [1.54, 1.807) is 29.6 Å². The fraction of sp³-hybridized carbons (Fsp3) is 0.174. The summed E-state index contributed by atoms with van der Waals surface area (Å²) in [6, 6.07) is 13.6. The first kappa shape index (κ1) is 26.7. The van der Waals surface area contributed by atoms with Gasteiger partial charge in [-0.05, 0) is 55.4 Å². The normalized spacial score (nSPS) is 15.5.